The summed E-state index contributed by atoms with van der Waals surface area (Å²) in [5, 5.41) is 14.9. The number of nitro groups is 1. The largest absolute Gasteiger partial charge is 0.477 e. The van der Waals surface area contributed by atoms with E-state index in [2.05, 4.69) is 26.5 Å². The molecular weight excluding hydrogens is 428 g/mol. The van der Waals surface area contributed by atoms with Crippen LogP contribution in [-0.4, -0.2) is 28.2 Å². The second-order valence-corrected chi connectivity index (χ2v) is 6.50. The molecule has 1 aromatic heterocycles. The molecule has 2 aromatic carbocycles. The number of hydrazone groups is 1. The minimum atomic E-state index is -0.568. The van der Waals surface area contributed by atoms with Gasteiger partial charge in [-0.15, -0.1) is 0 Å². The number of hydrogen-bond acceptors (Lipinski definition) is 5. The number of para-hydroxylation sites is 2. The third-order valence-corrected chi connectivity index (χ3v) is 4.22. The summed E-state index contributed by atoms with van der Waals surface area (Å²) in [5.74, 6) is -0.508. The number of aromatic nitrogens is 1. The molecule has 0 aliphatic rings. The molecule has 0 bridgehead atoms. The molecule has 0 atom stereocenters. The van der Waals surface area contributed by atoms with Crippen molar-refractivity contribution in [3.05, 3.63) is 87.1 Å². The predicted octanol–water partition coefficient (Wildman–Crippen LogP) is 3.68. The zero-order valence-electron chi connectivity index (χ0n) is 14.5. The van der Waals surface area contributed by atoms with Crippen molar-refractivity contribution in [2.45, 2.75) is 0 Å². The highest BCUT2D eigenvalue weighted by atomic mass is 79.9. The molecule has 0 aliphatic heterocycles. The highest BCUT2D eigenvalue weighted by Crippen LogP contribution is 2.25. The van der Waals surface area contributed by atoms with Crippen molar-refractivity contribution < 1.29 is 14.5 Å². The fourth-order valence-electron chi connectivity index (χ4n) is 2.41. The monoisotopic (exact) mass is 442 g/mol. The lowest BCUT2D eigenvalue weighted by atomic mass is 10.3. The fraction of sp³-hybridized carbons (Fsp3) is 0.0526. The van der Waals surface area contributed by atoms with Gasteiger partial charge in [0.25, 0.3) is 5.91 Å². The van der Waals surface area contributed by atoms with Crippen LogP contribution in [0.2, 0.25) is 0 Å². The summed E-state index contributed by atoms with van der Waals surface area (Å²) >= 11 is 3.40. The number of halogens is 1. The van der Waals surface area contributed by atoms with Crippen molar-refractivity contribution in [3.8, 4) is 11.4 Å². The Labute approximate surface area is 168 Å². The Morgan fingerprint density at radius 2 is 1.93 bits per heavy atom. The van der Waals surface area contributed by atoms with E-state index in [-0.39, 0.29) is 11.4 Å². The van der Waals surface area contributed by atoms with Gasteiger partial charge < -0.3 is 9.30 Å². The van der Waals surface area contributed by atoms with Gasteiger partial charge in [-0.25, -0.2) is 5.43 Å². The Kier molecular flexibility index (Phi) is 6.18. The van der Waals surface area contributed by atoms with E-state index in [0.717, 1.165) is 15.9 Å². The zero-order chi connectivity index (χ0) is 19.9. The van der Waals surface area contributed by atoms with Crippen LogP contribution in [0.25, 0.3) is 5.69 Å². The van der Waals surface area contributed by atoms with Crippen molar-refractivity contribution in [2.75, 3.05) is 6.61 Å². The van der Waals surface area contributed by atoms with E-state index >= 15 is 0 Å². The molecule has 142 valence electrons. The summed E-state index contributed by atoms with van der Waals surface area (Å²) in [6, 6.07) is 17.3. The second kappa shape index (κ2) is 8.96. The van der Waals surface area contributed by atoms with Crippen LogP contribution in [0.5, 0.6) is 5.75 Å². The molecule has 1 amide bonds. The first-order chi connectivity index (χ1) is 13.5. The maximum atomic E-state index is 11.9. The molecule has 3 rings (SSSR count). The number of carbonyl (C=O) groups excluding carboxylic acids is 1. The zero-order valence-corrected chi connectivity index (χ0v) is 16.1. The maximum Gasteiger partial charge on any atom is 0.310 e. The average molecular weight is 443 g/mol. The topological polar surface area (TPSA) is 98.8 Å². The lowest BCUT2D eigenvalue weighted by Gasteiger charge is -2.07. The van der Waals surface area contributed by atoms with Crippen molar-refractivity contribution in [3.63, 3.8) is 0 Å². The van der Waals surface area contributed by atoms with Crippen LogP contribution >= 0.6 is 15.9 Å². The number of nitrogens with zero attached hydrogens (tertiary/aromatic N) is 3. The van der Waals surface area contributed by atoms with E-state index in [1.54, 1.807) is 6.07 Å². The molecule has 0 spiro atoms. The molecule has 9 heteroatoms. The molecule has 0 saturated carbocycles. The van der Waals surface area contributed by atoms with E-state index in [9.17, 15) is 14.9 Å². The van der Waals surface area contributed by atoms with Gasteiger partial charge in [0.15, 0.2) is 12.4 Å². The highest BCUT2D eigenvalue weighted by Gasteiger charge is 2.14. The normalized spacial score (nSPS) is 10.8. The van der Waals surface area contributed by atoms with Gasteiger partial charge in [-0.3, -0.25) is 14.9 Å². The molecule has 1 N–H and O–H groups in total. The number of ether oxygens (including phenoxy) is 1. The first-order valence-electron chi connectivity index (χ1n) is 8.16. The number of hydrogen-bond donors (Lipinski definition) is 1. The molecule has 0 fully saturated rings. The van der Waals surface area contributed by atoms with Crippen LogP contribution in [0.4, 0.5) is 5.69 Å². The van der Waals surface area contributed by atoms with E-state index in [1.165, 1.54) is 24.4 Å². The minimum absolute atomic E-state index is 0.0238. The maximum absolute atomic E-state index is 11.9. The smallest absolute Gasteiger partial charge is 0.310 e. The van der Waals surface area contributed by atoms with Crippen LogP contribution in [0, 0.1) is 10.1 Å². The predicted molar refractivity (Wildman–Crippen MR) is 108 cm³/mol. The molecular formula is C19H15BrN4O4. The summed E-state index contributed by atoms with van der Waals surface area (Å²) in [7, 11) is 0. The SMILES string of the molecule is O=C(COc1ccccc1[N+](=O)[O-])N/N=C/c1cccn1-c1ccc(Br)cc1. The number of benzene rings is 2. The average Bonchev–Trinajstić information content (AvgIpc) is 3.15. The second-order valence-electron chi connectivity index (χ2n) is 5.59. The van der Waals surface area contributed by atoms with Crippen molar-refractivity contribution in [1.29, 1.82) is 0 Å². The molecule has 1 heterocycles. The standard InChI is InChI=1S/C19H15BrN4O4/c20-14-7-9-15(10-8-14)23-11-3-4-16(23)12-21-22-19(25)13-28-18-6-2-1-5-17(18)24(26)27/h1-12H,13H2,(H,22,25)/b21-12+. The Balaban J connectivity index is 1.59. The van der Waals surface area contributed by atoms with Gasteiger partial charge in [-0.05, 0) is 42.5 Å². The lowest BCUT2D eigenvalue weighted by molar-refractivity contribution is -0.385. The minimum Gasteiger partial charge on any atom is -0.477 e. The molecule has 0 aliphatic carbocycles. The van der Waals surface area contributed by atoms with Gasteiger partial charge in [0.2, 0.25) is 0 Å². The van der Waals surface area contributed by atoms with E-state index in [1.807, 2.05) is 47.2 Å². The van der Waals surface area contributed by atoms with E-state index in [4.69, 9.17) is 4.74 Å². The Hall–Kier alpha value is -3.46. The Morgan fingerprint density at radius 1 is 1.18 bits per heavy atom. The summed E-state index contributed by atoms with van der Waals surface area (Å²) in [4.78, 5) is 22.3. The van der Waals surface area contributed by atoms with Gasteiger partial charge in [-0.1, -0.05) is 28.1 Å². The summed E-state index contributed by atoms with van der Waals surface area (Å²) in [6.45, 7) is -0.393. The van der Waals surface area contributed by atoms with Gasteiger partial charge in [0, 0.05) is 22.4 Å². The number of amides is 1. The first-order valence-corrected chi connectivity index (χ1v) is 8.95. The molecule has 0 radical (unpaired) electrons. The summed E-state index contributed by atoms with van der Waals surface area (Å²) < 4.78 is 8.10. The number of nitro benzene ring substituents is 1. The molecule has 28 heavy (non-hydrogen) atoms. The highest BCUT2D eigenvalue weighted by molar-refractivity contribution is 9.10. The van der Waals surface area contributed by atoms with E-state index < -0.39 is 17.4 Å². The number of nitrogens with one attached hydrogen (secondary N) is 1. The van der Waals surface area contributed by atoms with Crippen molar-refractivity contribution in [2.24, 2.45) is 5.10 Å². The van der Waals surface area contributed by atoms with Gasteiger partial charge in [0.05, 0.1) is 16.8 Å². The first kappa shape index (κ1) is 19.3. The van der Waals surface area contributed by atoms with Gasteiger partial charge in [-0.2, -0.15) is 5.10 Å². The van der Waals surface area contributed by atoms with Crippen LogP contribution in [0.3, 0.4) is 0 Å². The van der Waals surface area contributed by atoms with Crippen LogP contribution in [0.15, 0.2) is 76.4 Å². The summed E-state index contributed by atoms with van der Waals surface area (Å²) in [6.07, 6.45) is 3.38. The van der Waals surface area contributed by atoms with Gasteiger partial charge in [0.1, 0.15) is 0 Å². The van der Waals surface area contributed by atoms with Crippen molar-refractivity contribution in [1.82, 2.24) is 9.99 Å². The van der Waals surface area contributed by atoms with E-state index in [0.29, 0.717) is 0 Å². The molecule has 0 unspecified atom stereocenters. The molecule has 3 aromatic rings. The lowest BCUT2D eigenvalue weighted by Crippen LogP contribution is -2.24. The molecule has 8 nitrogen and oxygen atoms in total. The third-order valence-electron chi connectivity index (χ3n) is 3.69. The van der Waals surface area contributed by atoms with Crippen LogP contribution in [0.1, 0.15) is 5.69 Å². The third kappa shape index (κ3) is 4.83. The summed E-state index contributed by atoms with van der Waals surface area (Å²) in [5.41, 5.74) is 3.85. The fourth-order valence-corrected chi connectivity index (χ4v) is 2.68. The Bertz CT molecular complexity index is 1010. The van der Waals surface area contributed by atoms with Crippen LogP contribution < -0.4 is 10.2 Å². The number of rotatable bonds is 7. The molecule has 0 saturated heterocycles. The quantitative estimate of drug-likeness (QED) is 0.342. The Morgan fingerprint density at radius 3 is 2.68 bits per heavy atom. The van der Waals surface area contributed by atoms with Crippen LogP contribution in [-0.2, 0) is 4.79 Å². The van der Waals surface area contributed by atoms with Gasteiger partial charge >= 0.3 is 5.69 Å². The van der Waals surface area contributed by atoms with Crippen molar-refractivity contribution >= 4 is 33.7 Å². The number of carbonyl (C=O) groups is 1.